The van der Waals surface area contributed by atoms with Crippen LogP contribution in [0, 0.1) is 0 Å². The van der Waals surface area contributed by atoms with Crippen molar-refractivity contribution in [3.63, 3.8) is 0 Å². The van der Waals surface area contributed by atoms with E-state index >= 15 is 0 Å². The van der Waals surface area contributed by atoms with E-state index in [0.29, 0.717) is 35.8 Å². The molecule has 0 amide bonds. The quantitative estimate of drug-likeness (QED) is 0.333. The first-order valence-electron chi connectivity index (χ1n) is 11.2. The SMILES string of the molecule is CCCCN(CCO)c1nc(Nc2ccc(-c3cnco3)c(OC)c2)nc(-c2ccccc2)n1. The number of benzene rings is 2. The molecular formula is C25H28N6O3. The molecule has 34 heavy (non-hydrogen) atoms. The molecule has 0 aliphatic carbocycles. The minimum absolute atomic E-state index is 0.0130. The number of ether oxygens (including phenoxy) is 1. The van der Waals surface area contributed by atoms with Crippen LogP contribution in [-0.4, -0.2) is 51.8 Å². The third-order valence-electron chi connectivity index (χ3n) is 5.25. The van der Waals surface area contributed by atoms with Crippen LogP contribution in [0.4, 0.5) is 17.6 Å². The van der Waals surface area contributed by atoms with E-state index in [1.807, 2.05) is 53.4 Å². The molecule has 0 atom stereocenters. The molecule has 2 heterocycles. The molecule has 2 aromatic carbocycles. The van der Waals surface area contributed by atoms with Gasteiger partial charge in [0.2, 0.25) is 11.9 Å². The van der Waals surface area contributed by atoms with Crippen LogP contribution in [-0.2, 0) is 0 Å². The second kappa shape index (κ2) is 11.2. The first-order valence-corrected chi connectivity index (χ1v) is 11.2. The van der Waals surface area contributed by atoms with Crippen molar-refractivity contribution in [3.05, 3.63) is 61.1 Å². The monoisotopic (exact) mass is 460 g/mol. The summed E-state index contributed by atoms with van der Waals surface area (Å²) in [6, 6.07) is 15.4. The van der Waals surface area contributed by atoms with Crippen molar-refractivity contribution >= 4 is 17.6 Å². The van der Waals surface area contributed by atoms with E-state index in [1.165, 1.54) is 6.39 Å². The van der Waals surface area contributed by atoms with E-state index in [1.54, 1.807) is 13.3 Å². The first kappa shape index (κ1) is 23.2. The van der Waals surface area contributed by atoms with Crippen LogP contribution < -0.4 is 15.0 Å². The van der Waals surface area contributed by atoms with Gasteiger partial charge < -0.3 is 24.5 Å². The Bertz CT molecular complexity index is 1180. The van der Waals surface area contributed by atoms with Crippen LogP contribution in [0.15, 0.2) is 65.5 Å². The van der Waals surface area contributed by atoms with Crippen LogP contribution in [0.2, 0.25) is 0 Å². The number of nitrogens with one attached hydrogen (secondary N) is 1. The van der Waals surface area contributed by atoms with Gasteiger partial charge in [0, 0.05) is 30.4 Å². The van der Waals surface area contributed by atoms with Crippen molar-refractivity contribution in [2.45, 2.75) is 19.8 Å². The van der Waals surface area contributed by atoms with Crippen LogP contribution in [0.25, 0.3) is 22.7 Å². The number of aliphatic hydroxyl groups excluding tert-OH is 1. The Kier molecular flexibility index (Phi) is 7.67. The fourth-order valence-corrected chi connectivity index (χ4v) is 3.51. The summed E-state index contributed by atoms with van der Waals surface area (Å²) in [5.41, 5.74) is 2.42. The van der Waals surface area contributed by atoms with Gasteiger partial charge in [0.05, 0.1) is 25.5 Å². The molecule has 0 saturated heterocycles. The Morgan fingerprint density at radius 3 is 2.62 bits per heavy atom. The maximum Gasteiger partial charge on any atom is 0.232 e. The average Bonchev–Trinajstić information content (AvgIpc) is 3.41. The molecular weight excluding hydrogens is 432 g/mol. The highest BCUT2D eigenvalue weighted by molar-refractivity contribution is 5.71. The zero-order chi connectivity index (χ0) is 23.8. The Morgan fingerprint density at radius 1 is 1.06 bits per heavy atom. The van der Waals surface area contributed by atoms with Crippen LogP contribution >= 0.6 is 0 Å². The molecule has 0 aliphatic heterocycles. The van der Waals surface area contributed by atoms with Gasteiger partial charge in [0.15, 0.2) is 18.0 Å². The molecule has 176 valence electrons. The molecule has 9 nitrogen and oxygen atoms in total. The number of nitrogens with zero attached hydrogens (tertiary/aromatic N) is 5. The number of unbranched alkanes of at least 4 members (excludes halogenated alkanes) is 1. The van der Waals surface area contributed by atoms with Crippen molar-refractivity contribution < 1.29 is 14.3 Å². The summed E-state index contributed by atoms with van der Waals surface area (Å²) >= 11 is 0. The van der Waals surface area contributed by atoms with Crippen molar-refractivity contribution in [2.24, 2.45) is 0 Å². The van der Waals surface area contributed by atoms with Gasteiger partial charge in [0.25, 0.3) is 0 Å². The fourth-order valence-electron chi connectivity index (χ4n) is 3.51. The number of hydrogen-bond acceptors (Lipinski definition) is 9. The van der Waals surface area contributed by atoms with Gasteiger partial charge in [-0.3, -0.25) is 0 Å². The van der Waals surface area contributed by atoms with E-state index in [4.69, 9.17) is 14.1 Å². The summed E-state index contributed by atoms with van der Waals surface area (Å²) in [5, 5.41) is 12.9. The molecule has 2 aromatic heterocycles. The van der Waals surface area contributed by atoms with E-state index in [0.717, 1.165) is 36.2 Å². The van der Waals surface area contributed by atoms with Crippen LogP contribution in [0.1, 0.15) is 19.8 Å². The Hall–Kier alpha value is -3.98. The normalized spacial score (nSPS) is 10.8. The van der Waals surface area contributed by atoms with E-state index in [9.17, 15) is 5.11 Å². The van der Waals surface area contributed by atoms with Gasteiger partial charge in [-0.25, -0.2) is 4.98 Å². The minimum Gasteiger partial charge on any atom is -0.496 e. The molecule has 2 N–H and O–H groups in total. The zero-order valence-corrected chi connectivity index (χ0v) is 19.3. The molecule has 0 aliphatic rings. The van der Waals surface area contributed by atoms with Crippen molar-refractivity contribution in [2.75, 3.05) is 37.0 Å². The summed E-state index contributed by atoms with van der Waals surface area (Å²) in [6.45, 7) is 3.33. The van der Waals surface area contributed by atoms with Gasteiger partial charge in [-0.15, -0.1) is 0 Å². The van der Waals surface area contributed by atoms with Crippen LogP contribution in [0.3, 0.4) is 0 Å². The number of hydrogen-bond donors (Lipinski definition) is 2. The predicted octanol–water partition coefficient (Wildman–Crippen LogP) is 4.54. The lowest BCUT2D eigenvalue weighted by Gasteiger charge is -2.22. The molecule has 0 bridgehead atoms. The summed E-state index contributed by atoms with van der Waals surface area (Å²) in [5.74, 6) is 2.72. The Labute approximate surface area is 198 Å². The van der Waals surface area contributed by atoms with Crippen LogP contribution in [0.5, 0.6) is 5.75 Å². The molecule has 4 aromatic rings. The largest absolute Gasteiger partial charge is 0.496 e. The number of oxazole rings is 1. The van der Waals surface area contributed by atoms with Gasteiger partial charge in [0.1, 0.15) is 5.75 Å². The summed E-state index contributed by atoms with van der Waals surface area (Å²) in [7, 11) is 1.61. The molecule has 9 heteroatoms. The molecule has 0 spiro atoms. The molecule has 0 saturated carbocycles. The summed E-state index contributed by atoms with van der Waals surface area (Å²) in [4.78, 5) is 20.0. The number of aliphatic hydroxyl groups is 1. The Balaban J connectivity index is 1.70. The maximum absolute atomic E-state index is 9.60. The minimum atomic E-state index is 0.0130. The predicted molar refractivity (Wildman–Crippen MR) is 131 cm³/mol. The highest BCUT2D eigenvalue weighted by atomic mass is 16.5. The first-order chi connectivity index (χ1) is 16.7. The zero-order valence-electron chi connectivity index (χ0n) is 19.3. The molecule has 0 radical (unpaired) electrons. The van der Waals surface area contributed by atoms with Gasteiger partial charge in [-0.1, -0.05) is 43.7 Å². The topological polar surface area (TPSA) is 109 Å². The number of aromatic nitrogens is 4. The lowest BCUT2D eigenvalue weighted by atomic mass is 10.1. The standard InChI is InChI=1S/C25H28N6O3/c1-3-4-12-31(13-14-32)25-29-23(18-8-6-5-7-9-18)28-24(30-25)27-19-10-11-20(21(15-19)33-2)22-16-26-17-34-22/h5-11,15-17,32H,3-4,12-14H2,1-2H3,(H,27,28,29,30). The smallest absolute Gasteiger partial charge is 0.232 e. The lowest BCUT2D eigenvalue weighted by molar-refractivity contribution is 0.301. The second-order valence-electron chi connectivity index (χ2n) is 7.62. The fraction of sp³-hybridized carbons (Fsp3) is 0.280. The second-order valence-corrected chi connectivity index (χ2v) is 7.62. The van der Waals surface area contributed by atoms with E-state index < -0.39 is 0 Å². The summed E-state index contributed by atoms with van der Waals surface area (Å²) < 4.78 is 11.0. The highest BCUT2D eigenvalue weighted by Gasteiger charge is 2.16. The lowest BCUT2D eigenvalue weighted by Crippen LogP contribution is -2.30. The van der Waals surface area contributed by atoms with Gasteiger partial charge in [-0.05, 0) is 18.6 Å². The third-order valence-corrected chi connectivity index (χ3v) is 5.25. The van der Waals surface area contributed by atoms with E-state index in [-0.39, 0.29) is 6.61 Å². The number of anilines is 3. The maximum atomic E-state index is 9.60. The summed E-state index contributed by atoms with van der Waals surface area (Å²) in [6.07, 6.45) is 5.02. The van der Waals surface area contributed by atoms with Crippen molar-refractivity contribution in [1.29, 1.82) is 0 Å². The Morgan fingerprint density at radius 2 is 1.91 bits per heavy atom. The molecule has 4 rings (SSSR count). The van der Waals surface area contributed by atoms with Gasteiger partial charge >= 0.3 is 0 Å². The molecule has 0 fully saturated rings. The molecule has 0 unspecified atom stereocenters. The van der Waals surface area contributed by atoms with Crippen molar-refractivity contribution in [1.82, 2.24) is 19.9 Å². The van der Waals surface area contributed by atoms with Crippen molar-refractivity contribution in [3.8, 4) is 28.5 Å². The highest BCUT2D eigenvalue weighted by Crippen LogP contribution is 2.33. The number of rotatable bonds is 11. The third kappa shape index (κ3) is 5.49. The average molecular weight is 461 g/mol. The van der Waals surface area contributed by atoms with Gasteiger partial charge in [-0.2, -0.15) is 15.0 Å². The number of methoxy groups -OCH3 is 1. The van der Waals surface area contributed by atoms with E-state index in [2.05, 4.69) is 27.2 Å².